The van der Waals surface area contributed by atoms with Gasteiger partial charge in [-0.05, 0) is 11.4 Å². The van der Waals surface area contributed by atoms with Crippen molar-refractivity contribution < 1.29 is 4.74 Å². The molecular formula is C9H11N3OS. The average Bonchev–Trinajstić information content (AvgIpc) is 2.67. The Morgan fingerprint density at radius 2 is 2.43 bits per heavy atom. The van der Waals surface area contributed by atoms with Crippen LogP contribution in [-0.2, 0) is 4.74 Å². The van der Waals surface area contributed by atoms with Gasteiger partial charge in [0.05, 0.1) is 12.0 Å². The van der Waals surface area contributed by atoms with Gasteiger partial charge in [-0.1, -0.05) is 0 Å². The monoisotopic (exact) mass is 209 g/mol. The van der Waals surface area contributed by atoms with Crippen LogP contribution in [0.5, 0.6) is 0 Å². The number of nitrogens with one attached hydrogen (secondary N) is 1. The molecule has 0 aliphatic rings. The lowest BCUT2D eigenvalue weighted by molar-refractivity contribution is 0.210. The van der Waals surface area contributed by atoms with E-state index in [0.717, 1.165) is 22.6 Å². The zero-order valence-electron chi connectivity index (χ0n) is 7.86. The second-order valence-electron chi connectivity index (χ2n) is 2.78. The van der Waals surface area contributed by atoms with E-state index in [1.165, 1.54) is 0 Å². The maximum atomic E-state index is 4.95. The maximum absolute atomic E-state index is 4.95. The molecule has 0 fully saturated rings. The van der Waals surface area contributed by atoms with Crippen molar-refractivity contribution in [3.05, 3.63) is 17.8 Å². The zero-order valence-corrected chi connectivity index (χ0v) is 8.67. The van der Waals surface area contributed by atoms with E-state index < -0.39 is 0 Å². The third-order valence-corrected chi connectivity index (χ3v) is 2.68. The van der Waals surface area contributed by atoms with Crippen molar-refractivity contribution in [3.63, 3.8) is 0 Å². The molecule has 0 unspecified atom stereocenters. The van der Waals surface area contributed by atoms with Gasteiger partial charge >= 0.3 is 0 Å². The Labute approximate surface area is 86.0 Å². The smallest absolute Gasteiger partial charge is 0.138 e. The number of hydrogen-bond donors (Lipinski definition) is 1. The molecular weight excluding hydrogens is 198 g/mol. The van der Waals surface area contributed by atoms with Crippen LogP contribution < -0.4 is 5.32 Å². The van der Waals surface area contributed by atoms with Crippen molar-refractivity contribution in [2.75, 3.05) is 25.6 Å². The number of rotatable bonds is 4. The van der Waals surface area contributed by atoms with Crippen LogP contribution in [-0.4, -0.2) is 30.2 Å². The van der Waals surface area contributed by atoms with Crippen LogP contribution in [0.15, 0.2) is 17.8 Å². The van der Waals surface area contributed by atoms with Gasteiger partial charge in [0.1, 0.15) is 17.0 Å². The van der Waals surface area contributed by atoms with Crippen LogP contribution in [0.2, 0.25) is 0 Å². The predicted octanol–water partition coefficient (Wildman–Crippen LogP) is 1.75. The third-order valence-electron chi connectivity index (χ3n) is 1.86. The number of ether oxygens (including phenoxy) is 1. The number of fused-ring (bicyclic) bond motifs is 1. The van der Waals surface area contributed by atoms with Crippen molar-refractivity contribution in [2.45, 2.75) is 0 Å². The van der Waals surface area contributed by atoms with Gasteiger partial charge in [-0.25, -0.2) is 9.97 Å². The van der Waals surface area contributed by atoms with Gasteiger partial charge in [0.2, 0.25) is 0 Å². The first-order chi connectivity index (χ1) is 6.92. The molecule has 0 bridgehead atoms. The van der Waals surface area contributed by atoms with Gasteiger partial charge in [-0.2, -0.15) is 0 Å². The highest BCUT2D eigenvalue weighted by Crippen LogP contribution is 2.23. The van der Waals surface area contributed by atoms with Crippen molar-refractivity contribution in [1.82, 2.24) is 9.97 Å². The van der Waals surface area contributed by atoms with Crippen LogP contribution in [0.3, 0.4) is 0 Å². The average molecular weight is 209 g/mol. The second kappa shape index (κ2) is 4.34. The van der Waals surface area contributed by atoms with Crippen LogP contribution in [0, 0.1) is 0 Å². The fourth-order valence-corrected chi connectivity index (χ4v) is 1.94. The van der Waals surface area contributed by atoms with Crippen LogP contribution >= 0.6 is 11.3 Å². The Bertz CT molecular complexity index is 415. The lowest BCUT2D eigenvalue weighted by Gasteiger charge is -2.04. The van der Waals surface area contributed by atoms with Gasteiger partial charge < -0.3 is 10.1 Å². The van der Waals surface area contributed by atoms with E-state index in [4.69, 9.17) is 4.74 Å². The minimum atomic E-state index is 0.676. The van der Waals surface area contributed by atoms with Gasteiger partial charge in [0.25, 0.3) is 0 Å². The van der Waals surface area contributed by atoms with E-state index in [1.807, 2.05) is 11.4 Å². The van der Waals surface area contributed by atoms with Crippen molar-refractivity contribution in [2.24, 2.45) is 0 Å². The van der Waals surface area contributed by atoms with Gasteiger partial charge in [-0.15, -0.1) is 11.3 Å². The van der Waals surface area contributed by atoms with Gasteiger partial charge in [0.15, 0.2) is 0 Å². The summed E-state index contributed by atoms with van der Waals surface area (Å²) in [5, 5.41) is 6.30. The van der Waals surface area contributed by atoms with Crippen LogP contribution in [0.25, 0.3) is 10.2 Å². The molecule has 1 N–H and O–H groups in total. The Morgan fingerprint density at radius 1 is 1.50 bits per heavy atom. The fourth-order valence-electron chi connectivity index (χ4n) is 1.20. The molecule has 2 aromatic rings. The minimum absolute atomic E-state index is 0.676. The number of anilines is 1. The SMILES string of the molecule is COCCNc1ncnc2sccc12. The second-order valence-corrected chi connectivity index (χ2v) is 3.68. The van der Waals surface area contributed by atoms with Gasteiger partial charge in [0, 0.05) is 13.7 Å². The predicted molar refractivity (Wildman–Crippen MR) is 57.8 cm³/mol. The molecule has 4 nitrogen and oxygen atoms in total. The maximum Gasteiger partial charge on any atom is 0.138 e. The first-order valence-electron chi connectivity index (χ1n) is 4.33. The molecule has 0 saturated carbocycles. The third kappa shape index (κ3) is 1.83. The fraction of sp³-hybridized carbons (Fsp3) is 0.333. The summed E-state index contributed by atoms with van der Waals surface area (Å²) >= 11 is 1.62. The molecule has 0 saturated heterocycles. The first-order valence-corrected chi connectivity index (χ1v) is 5.21. The summed E-state index contributed by atoms with van der Waals surface area (Å²) in [6, 6.07) is 2.02. The molecule has 2 aromatic heterocycles. The summed E-state index contributed by atoms with van der Waals surface area (Å²) in [6.45, 7) is 1.44. The van der Waals surface area contributed by atoms with Crippen molar-refractivity contribution in [3.8, 4) is 0 Å². The van der Waals surface area contributed by atoms with Crippen molar-refractivity contribution in [1.29, 1.82) is 0 Å². The molecule has 14 heavy (non-hydrogen) atoms. The molecule has 2 heterocycles. The van der Waals surface area contributed by atoms with Gasteiger partial charge in [-0.3, -0.25) is 0 Å². The standard InChI is InChI=1S/C9H11N3OS/c1-13-4-3-10-8-7-2-5-14-9(7)12-6-11-8/h2,5-6H,3-4H2,1H3,(H,10,11,12). The Morgan fingerprint density at radius 3 is 3.29 bits per heavy atom. The number of hydrogen-bond acceptors (Lipinski definition) is 5. The van der Waals surface area contributed by atoms with Crippen molar-refractivity contribution >= 4 is 27.4 Å². The van der Waals surface area contributed by atoms with E-state index in [0.29, 0.717) is 6.61 Å². The molecule has 5 heteroatoms. The van der Waals surface area contributed by atoms with Crippen LogP contribution in [0.4, 0.5) is 5.82 Å². The molecule has 0 atom stereocenters. The summed E-state index contributed by atoms with van der Waals surface area (Å²) in [5.74, 6) is 0.883. The highest BCUT2D eigenvalue weighted by atomic mass is 32.1. The quantitative estimate of drug-likeness (QED) is 0.779. The van der Waals surface area contributed by atoms with E-state index in [2.05, 4.69) is 15.3 Å². The molecule has 0 amide bonds. The van der Waals surface area contributed by atoms with Crippen LogP contribution in [0.1, 0.15) is 0 Å². The lowest BCUT2D eigenvalue weighted by Crippen LogP contribution is -2.08. The Balaban J connectivity index is 2.19. The van der Waals surface area contributed by atoms with E-state index in [1.54, 1.807) is 24.8 Å². The molecule has 2 rings (SSSR count). The molecule has 0 aliphatic heterocycles. The summed E-state index contributed by atoms with van der Waals surface area (Å²) in [7, 11) is 1.68. The normalized spacial score (nSPS) is 10.6. The summed E-state index contributed by atoms with van der Waals surface area (Å²) in [4.78, 5) is 9.36. The Hall–Kier alpha value is -1.20. The number of thiophene rings is 1. The Kier molecular flexibility index (Phi) is 2.90. The molecule has 0 spiro atoms. The largest absolute Gasteiger partial charge is 0.383 e. The van der Waals surface area contributed by atoms with E-state index >= 15 is 0 Å². The highest BCUT2D eigenvalue weighted by molar-refractivity contribution is 7.16. The number of nitrogens with zero attached hydrogens (tertiary/aromatic N) is 2. The summed E-state index contributed by atoms with van der Waals surface area (Å²) < 4.78 is 4.95. The zero-order chi connectivity index (χ0) is 9.80. The summed E-state index contributed by atoms with van der Waals surface area (Å²) in [6.07, 6.45) is 1.58. The van der Waals surface area contributed by atoms with E-state index in [-0.39, 0.29) is 0 Å². The minimum Gasteiger partial charge on any atom is -0.383 e. The number of aromatic nitrogens is 2. The lowest BCUT2D eigenvalue weighted by atomic mass is 10.4. The molecule has 74 valence electrons. The molecule has 0 aliphatic carbocycles. The highest BCUT2D eigenvalue weighted by Gasteiger charge is 2.02. The molecule has 0 radical (unpaired) electrons. The molecule has 0 aromatic carbocycles. The summed E-state index contributed by atoms with van der Waals surface area (Å²) in [5.41, 5.74) is 0. The topological polar surface area (TPSA) is 47.0 Å². The first kappa shape index (κ1) is 9.36. The van der Waals surface area contributed by atoms with E-state index in [9.17, 15) is 0 Å². The number of methoxy groups -OCH3 is 1.